The molecule has 146 valence electrons. The molecule has 28 heavy (non-hydrogen) atoms. The van der Waals surface area contributed by atoms with E-state index >= 15 is 0 Å². The highest BCUT2D eigenvalue weighted by Crippen LogP contribution is 2.29. The highest BCUT2D eigenvalue weighted by molar-refractivity contribution is 9.10. The van der Waals surface area contributed by atoms with Crippen molar-refractivity contribution in [2.45, 2.75) is 20.0 Å². The monoisotopic (exact) mass is 451 g/mol. The van der Waals surface area contributed by atoms with Crippen molar-refractivity contribution in [3.8, 4) is 0 Å². The van der Waals surface area contributed by atoms with E-state index in [1.54, 1.807) is 24.3 Å². The molecule has 0 radical (unpaired) electrons. The summed E-state index contributed by atoms with van der Waals surface area (Å²) in [5, 5.41) is 24.7. The maximum absolute atomic E-state index is 12.3. The molecule has 1 N–H and O–H groups in total. The summed E-state index contributed by atoms with van der Waals surface area (Å²) in [6, 6.07) is 8.42. The molecule has 2 aromatic carbocycles. The minimum absolute atomic E-state index is 0.187. The Kier molecular flexibility index (Phi) is 6.41. The number of nitro groups is 2. The number of carbonyl (C=O) groups excluding carboxylic acids is 2. The molecule has 0 aliphatic heterocycles. The molecule has 1 atom stereocenters. The fraction of sp³-hybridized carbons (Fsp3) is 0.176. The number of amides is 1. The lowest BCUT2D eigenvalue weighted by molar-refractivity contribution is -0.395. The van der Waals surface area contributed by atoms with E-state index in [0.717, 1.165) is 16.6 Å². The van der Waals surface area contributed by atoms with Gasteiger partial charge < -0.3 is 10.1 Å². The number of nitrogens with one attached hydrogen (secondary N) is 1. The summed E-state index contributed by atoms with van der Waals surface area (Å²) in [5.74, 6) is -1.73. The first-order valence-electron chi connectivity index (χ1n) is 7.81. The zero-order valence-electron chi connectivity index (χ0n) is 14.7. The van der Waals surface area contributed by atoms with Gasteiger partial charge in [-0.2, -0.15) is 0 Å². The lowest BCUT2D eigenvalue weighted by Crippen LogP contribution is -2.30. The van der Waals surface area contributed by atoms with Crippen LogP contribution >= 0.6 is 15.9 Å². The standard InChI is InChI=1S/C17H14BrN3O7/c1-9-14(20(24)25)7-11(8-15(9)21(26)27)17(23)28-10(2)16(22)19-13-5-3-12(18)4-6-13/h3-8,10H,1-2H3,(H,19,22). The predicted molar refractivity (Wildman–Crippen MR) is 102 cm³/mol. The summed E-state index contributed by atoms with van der Waals surface area (Å²) in [5.41, 5.74) is -1.29. The van der Waals surface area contributed by atoms with Gasteiger partial charge in [0.2, 0.25) is 0 Å². The maximum atomic E-state index is 12.3. The molecule has 10 nitrogen and oxygen atoms in total. The average Bonchev–Trinajstić information content (AvgIpc) is 2.63. The van der Waals surface area contributed by atoms with Gasteiger partial charge in [0.15, 0.2) is 6.10 Å². The molecule has 1 unspecified atom stereocenters. The fourth-order valence-corrected chi connectivity index (χ4v) is 2.50. The van der Waals surface area contributed by atoms with Crippen molar-refractivity contribution in [2.75, 3.05) is 5.32 Å². The van der Waals surface area contributed by atoms with Crippen molar-refractivity contribution >= 4 is 44.9 Å². The van der Waals surface area contributed by atoms with Crippen LogP contribution in [0.2, 0.25) is 0 Å². The topological polar surface area (TPSA) is 142 Å². The first-order valence-corrected chi connectivity index (χ1v) is 8.60. The van der Waals surface area contributed by atoms with E-state index in [-0.39, 0.29) is 5.56 Å². The van der Waals surface area contributed by atoms with Crippen molar-refractivity contribution in [2.24, 2.45) is 0 Å². The first-order chi connectivity index (χ1) is 13.1. The van der Waals surface area contributed by atoms with Crippen molar-refractivity contribution in [3.05, 3.63) is 72.2 Å². The number of rotatable bonds is 6. The summed E-state index contributed by atoms with van der Waals surface area (Å²) in [4.78, 5) is 44.9. The van der Waals surface area contributed by atoms with Crippen molar-refractivity contribution in [3.63, 3.8) is 0 Å². The number of esters is 1. The van der Waals surface area contributed by atoms with Gasteiger partial charge in [-0.05, 0) is 38.1 Å². The Labute approximate surface area is 166 Å². The van der Waals surface area contributed by atoms with Gasteiger partial charge in [-0.25, -0.2) is 4.79 Å². The Hall–Kier alpha value is -3.34. The van der Waals surface area contributed by atoms with Gasteiger partial charge >= 0.3 is 5.97 Å². The predicted octanol–water partition coefficient (Wildman–Crippen LogP) is 3.76. The summed E-state index contributed by atoms with van der Waals surface area (Å²) in [7, 11) is 0. The van der Waals surface area contributed by atoms with Gasteiger partial charge in [-0.15, -0.1) is 0 Å². The van der Waals surface area contributed by atoms with Crippen LogP contribution in [0.1, 0.15) is 22.8 Å². The van der Waals surface area contributed by atoms with Crippen LogP contribution < -0.4 is 5.32 Å². The highest BCUT2D eigenvalue weighted by atomic mass is 79.9. The third-order valence-corrected chi connectivity index (χ3v) is 4.28. The summed E-state index contributed by atoms with van der Waals surface area (Å²) < 4.78 is 5.81. The number of hydrogen-bond donors (Lipinski definition) is 1. The van der Waals surface area contributed by atoms with Crippen molar-refractivity contribution in [1.82, 2.24) is 0 Å². The number of ether oxygens (including phenoxy) is 1. The van der Waals surface area contributed by atoms with Crippen LogP contribution in [-0.2, 0) is 9.53 Å². The second kappa shape index (κ2) is 8.57. The largest absolute Gasteiger partial charge is 0.449 e. The molecule has 0 aliphatic rings. The molecule has 0 saturated carbocycles. The molecule has 2 aromatic rings. The minimum atomic E-state index is -1.24. The van der Waals surface area contributed by atoms with E-state index in [0.29, 0.717) is 5.69 Å². The molecule has 11 heteroatoms. The highest BCUT2D eigenvalue weighted by Gasteiger charge is 2.27. The number of anilines is 1. The van der Waals surface area contributed by atoms with Crippen LogP contribution in [0.5, 0.6) is 0 Å². The Bertz CT molecular complexity index is 925. The SMILES string of the molecule is Cc1c([N+](=O)[O-])cc(C(=O)OC(C)C(=O)Nc2ccc(Br)cc2)cc1[N+](=O)[O-]. The molecule has 0 spiro atoms. The van der Waals surface area contributed by atoms with E-state index in [9.17, 15) is 29.8 Å². The second-order valence-electron chi connectivity index (χ2n) is 5.70. The third-order valence-electron chi connectivity index (χ3n) is 3.75. The van der Waals surface area contributed by atoms with Crippen LogP contribution in [-0.4, -0.2) is 27.8 Å². The fourth-order valence-electron chi connectivity index (χ4n) is 2.24. The average molecular weight is 452 g/mol. The van der Waals surface area contributed by atoms with E-state index in [4.69, 9.17) is 4.74 Å². The number of nitro benzene ring substituents is 2. The smallest absolute Gasteiger partial charge is 0.339 e. The van der Waals surface area contributed by atoms with Crippen LogP contribution in [0.15, 0.2) is 40.9 Å². The molecule has 0 aromatic heterocycles. The summed E-state index contributed by atoms with van der Waals surface area (Å²) in [6.45, 7) is 2.52. The third kappa shape index (κ3) is 4.88. The van der Waals surface area contributed by atoms with Crippen LogP contribution in [0.3, 0.4) is 0 Å². The zero-order valence-corrected chi connectivity index (χ0v) is 16.3. The number of nitrogens with zero attached hydrogens (tertiary/aromatic N) is 2. The quantitative estimate of drug-likeness (QED) is 0.400. The van der Waals surface area contributed by atoms with E-state index in [1.165, 1.54) is 13.8 Å². The molecule has 0 fully saturated rings. The number of benzene rings is 2. The normalized spacial score (nSPS) is 11.4. The number of carbonyl (C=O) groups is 2. The molecule has 0 heterocycles. The molecule has 0 saturated heterocycles. The number of halogens is 1. The lowest BCUT2D eigenvalue weighted by atomic mass is 10.1. The van der Waals surface area contributed by atoms with Crippen molar-refractivity contribution < 1.29 is 24.2 Å². The Balaban J connectivity index is 2.19. The molecular weight excluding hydrogens is 438 g/mol. The molecule has 0 aliphatic carbocycles. The van der Waals surface area contributed by atoms with Crippen molar-refractivity contribution in [1.29, 1.82) is 0 Å². The van der Waals surface area contributed by atoms with E-state index in [2.05, 4.69) is 21.2 Å². The molecule has 1 amide bonds. The van der Waals surface area contributed by atoms with Gasteiger partial charge in [0, 0.05) is 22.3 Å². The zero-order chi connectivity index (χ0) is 21.0. The van der Waals surface area contributed by atoms with E-state index in [1.807, 2.05) is 0 Å². The number of hydrogen-bond acceptors (Lipinski definition) is 7. The summed E-state index contributed by atoms with van der Waals surface area (Å²) in [6.07, 6.45) is -1.24. The van der Waals surface area contributed by atoms with Crippen LogP contribution in [0.4, 0.5) is 17.1 Å². The Morgan fingerprint density at radius 1 is 1.07 bits per heavy atom. The van der Waals surface area contributed by atoms with Gasteiger partial charge in [-0.1, -0.05) is 15.9 Å². The van der Waals surface area contributed by atoms with Gasteiger partial charge in [0.1, 0.15) is 5.56 Å². The van der Waals surface area contributed by atoms with Gasteiger partial charge in [0.05, 0.1) is 15.4 Å². The molecule has 2 rings (SSSR count). The van der Waals surface area contributed by atoms with E-state index < -0.39 is 44.8 Å². The van der Waals surface area contributed by atoms with Crippen LogP contribution in [0.25, 0.3) is 0 Å². The second-order valence-corrected chi connectivity index (χ2v) is 6.61. The van der Waals surface area contributed by atoms with Gasteiger partial charge in [-0.3, -0.25) is 25.0 Å². The molecule has 0 bridgehead atoms. The molecular formula is C17H14BrN3O7. The lowest BCUT2D eigenvalue weighted by Gasteiger charge is -2.14. The minimum Gasteiger partial charge on any atom is -0.449 e. The Morgan fingerprint density at radius 2 is 1.57 bits per heavy atom. The summed E-state index contributed by atoms with van der Waals surface area (Å²) >= 11 is 3.26. The van der Waals surface area contributed by atoms with Crippen LogP contribution in [0, 0.1) is 27.2 Å². The Morgan fingerprint density at radius 3 is 2.04 bits per heavy atom. The first kappa shape index (κ1) is 21.0. The van der Waals surface area contributed by atoms with Gasteiger partial charge in [0.25, 0.3) is 17.3 Å². The maximum Gasteiger partial charge on any atom is 0.339 e.